The summed E-state index contributed by atoms with van der Waals surface area (Å²) >= 11 is 0. The summed E-state index contributed by atoms with van der Waals surface area (Å²) in [7, 11) is 1.68. The van der Waals surface area contributed by atoms with Crippen molar-refractivity contribution < 1.29 is 4.74 Å². The van der Waals surface area contributed by atoms with E-state index in [0.717, 1.165) is 17.0 Å². The second kappa shape index (κ2) is 4.49. The number of benzene rings is 1. The molecule has 17 heavy (non-hydrogen) atoms. The SMILES string of the molecule is COc1c(-c2cc(N)n[nH]2)cccc1C(C)C. The predicted octanol–water partition coefficient (Wildman–Crippen LogP) is 2.79. The summed E-state index contributed by atoms with van der Waals surface area (Å²) in [5.41, 5.74) is 8.67. The molecule has 1 aromatic heterocycles. The van der Waals surface area contributed by atoms with Gasteiger partial charge < -0.3 is 10.5 Å². The van der Waals surface area contributed by atoms with Crippen molar-refractivity contribution in [2.75, 3.05) is 12.8 Å². The molecule has 1 heterocycles. The van der Waals surface area contributed by atoms with Gasteiger partial charge in [0.05, 0.1) is 12.8 Å². The fourth-order valence-electron chi connectivity index (χ4n) is 1.92. The molecule has 0 amide bonds. The molecule has 0 bridgehead atoms. The fourth-order valence-corrected chi connectivity index (χ4v) is 1.92. The molecule has 0 saturated carbocycles. The third kappa shape index (κ3) is 2.11. The Kier molecular flexibility index (Phi) is 3.04. The fraction of sp³-hybridized carbons (Fsp3) is 0.308. The standard InChI is InChI=1S/C13H17N3O/c1-8(2)9-5-4-6-10(13(9)17-3)11-7-12(14)16-15-11/h4-8H,1-3H3,(H3,14,15,16). The van der Waals surface area contributed by atoms with E-state index < -0.39 is 0 Å². The summed E-state index contributed by atoms with van der Waals surface area (Å²) in [5.74, 6) is 1.77. The Morgan fingerprint density at radius 2 is 2.12 bits per heavy atom. The summed E-state index contributed by atoms with van der Waals surface area (Å²) in [6, 6.07) is 7.90. The van der Waals surface area contributed by atoms with Crippen molar-refractivity contribution in [3.8, 4) is 17.0 Å². The maximum atomic E-state index is 5.62. The first-order valence-corrected chi connectivity index (χ1v) is 5.61. The van der Waals surface area contributed by atoms with Gasteiger partial charge in [0.2, 0.25) is 0 Å². The number of aromatic amines is 1. The number of nitrogens with zero attached hydrogens (tertiary/aromatic N) is 1. The zero-order valence-corrected chi connectivity index (χ0v) is 10.3. The van der Waals surface area contributed by atoms with E-state index in [4.69, 9.17) is 10.5 Å². The van der Waals surface area contributed by atoms with E-state index in [0.29, 0.717) is 11.7 Å². The summed E-state index contributed by atoms with van der Waals surface area (Å²) in [4.78, 5) is 0. The highest BCUT2D eigenvalue weighted by Crippen LogP contribution is 2.36. The van der Waals surface area contributed by atoms with Gasteiger partial charge in [-0.1, -0.05) is 26.0 Å². The third-order valence-corrected chi connectivity index (χ3v) is 2.76. The Balaban J connectivity index is 2.58. The predicted molar refractivity (Wildman–Crippen MR) is 69.1 cm³/mol. The van der Waals surface area contributed by atoms with Crippen LogP contribution >= 0.6 is 0 Å². The van der Waals surface area contributed by atoms with Crippen LogP contribution in [0.2, 0.25) is 0 Å². The van der Waals surface area contributed by atoms with Gasteiger partial charge in [-0.2, -0.15) is 5.10 Å². The third-order valence-electron chi connectivity index (χ3n) is 2.76. The van der Waals surface area contributed by atoms with Gasteiger partial charge in [-0.15, -0.1) is 0 Å². The Hall–Kier alpha value is -1.97. The minimum absolute atomic E-state index is 0.408. The number of nitrogens with two attached hydrogens (primary N) is 1. The zero-order valence-electron chi connectivity index (χ0n) is 10.3. The molecular formula is C13H17N3O. The van der Waals surface area contributed by atoms with Crippen LogP contribution in [0.15, 0.2) is 24.3 Å². The summed E-state index contributed by atoms with van der Waals surface area (Å²) in [5, 5.41) is 6.85. The molecule has 0 spiro atoms. The van der Waals surface area contributed by atoms with Crippen molar-refractivity contribution in [2.45, 2.75) is 19.8 Å². The second-order valence-corrected chi connectivity index (χ2v) is 4.29. The van der Waals surface area contributed by atoms with Crippen molar-refractivity contribution in [2.24, 2.45) is 0 Å². The van der Waals surface area contributed by atoms with Crippen LogP contribution in [0.5, 0.6) is 5.75 Å². The smallest absolute Gasteiger partial charge is 0.145 e. The molecule has 4 nitrogen and oxygen atoms in total. The lowest BCUT2D eigenvalue weighted by atomic mass is 9.98. The molecule has 0 unspecified atom stereocenters. The minimum atomic E-state index is 0.408. The molecule has 0 aliphatic carbocycles. The van der Waals surface area contributed by atoms with E-state index in [-0.39, 0.29) is 0 Å². The Labute approximate surface area is 101 Å². The number of hydrogen-bond donors (Lipinski definition) is 2. The number of methoxy groups -OCH3 is 1. The van der Waals surface area contributed by atoms with Crippen LogP contribution in [0.25, 0.3) is 11.3 Å². The number of ether oxygens (including phenoxy) is 1. The van der Waals surface area contributed by atoms with Crippen molar-refractivity contribution in [1.82, 2.24) is 10.2 Å². The molecule has 0 aliphatic rings. The molecule has 1 aromatic carbocycles. The molecule has 4 heteroatoms. The Morgan fingerprint density at radius 1 is 1.35 bits per heavy atom. The normalized spacial score (nSPS) is 10.8. The van der Waals surface area contributed by atoms with Gasteiger partial charge in [-0.3, -0.25) is 5.10 Å². The highest BCUT2D eigenvalue weighted by molar-refractivity contribution is 5.71. The average molecular weight is 231 g/mol. The molecular weight excluding hydrogens is 214 g/mol. The van der Waals surface area contributed by atoms with Crippen molar-refractivity contribution in [1.29, 1.82) is 0 Å². The molecule has 0 aliphatic heterocycles. The quantitative estimate of drug-likeness (QED) is 0.853. The lowest BCUT2D eigenvalue weighted by Crippen LogP contribution is -1.96. The summed E-state index contributed by atoms with van der Waals surface area (Å²) < 4.78 is 5.51. The highest BCUT2D eigenvalue weighted by atomic mass is 16.5. The molecule has 3 N–H and O–H groups in total. The molecule has 90 valence electrons. The first-order valence-electron chi connectivity index (χ1n) is 5.61. The summed E-state index contributed by atoms with van der Waals surface area (Å²) in [6.07, 6.45) is 0. The van der Waals surface area contributed by atoms with Gasteiger partial charge in [-0.05, 0) is 17.5 Å². The van der Waals surface area contributed by atoms with E-state index in [2.05, 4.69) is 30.1 Å². The molecule has 2 aromatic rings. The number of H-pyrrole nitrogens is 1. The number of anilines is 1. The van der Waals surface area contributed by atoms with Crippen LogP contribution in [-0.2, 0) is 0 Å². The van der Waals surface area contributed by atoms with Crippen LogP contribution in [0.4, 0.5) is 5.82 Å². The number of para-hydroxylation sites is 1. The van der Waals surface area contributed by atoms with E-state index in [1.165, 1.54) is 5.56 Å². The van der Waals surface area contributed by atoms with Crippen LogP contribution in [-0.4, -0.2) is 17.3 Å². The molecule has 0 saturated heterocycles. The average Bonchev–Trinajstić information content (AvgIpc) is 2.74. The first-order chi connectivity index (χ1) is 8.13. The Bertz CT molecular complexity index is 517. The molecule has 0 atom stereocenters. The molecule has 0 radical (unpaired) electrons. The van der Waals surface area contributed by atoms with Gasteiger partial charge in [0.25, 0.3) is 0 Å². The van der Waals surface area contributed by atoms with Crippen LogP contribution in [0.3, 0.4) is 0 Å². The van der Waals surface area contributed by atoms with Crippen LogP contribution in [0.1, 0.15) is 25.3 Å². The number of hydrogen-bond acceptors (Lipinski definition) is 3. The minimum Gasteiger partial charge on any atom is -0.496 e. The topological polar surface area (TPSA) is 63.9 Å². The van der Waals surface area contributed by atoms with Crippen LogP contribution in [0, 0.1) is 0 Å². The van der Waals surface area contributed by atoms with Gasteiger partial charge in [0, 0.05) is 11.6 Å². The van der Waals surface area contributed by atoms with Gasteiger partial charge in [0.1, 0.15) is 11.6 Å². The number of rotatable bonds is 3. The largest absolute Gasteiger partial charge is 0.496 e. The first kappa shape index (κ1) is 11.5. The lowest BCUT2D eigenvalue weighted by Gasteiger charge is -2.14. The number of aromatic nitrogens is 2. The molecule has 0 fully saturated rings. The lowest BCUT2D eigenvalue weighted by molar-refractivity contribution is 0.409. The summed E-state index contributed by atoms with van der Waals surface area (Å²) in [6.45, 7) is 4.28. The van der Waals surface area contributed by atoms with E-state index in [1.807, 2.05) is 18.2 Å². The number of nitrogens with one attached hydrogen (secondary N) is 1. The van der Waals surface area contributed by atoms with Gasteiger partial charge >= 0.3 is 0 Å². The van der Waals surface area contributed by atoms with E-state index in [9.17, 15) is 0 Å². The number of nitrogen functional groups attached to an aromatic ring is 1. The van der Waals surface area contributed by atoms with Gasteiger partial charge in [-0.25, -0.2) is 0 Å². The van der Waals surface area contributed by atoms with E-state index in [1.54, 1.807) is 7.11 Å². The maximum absolute atomic E-state index is 5.62. The maximum Gasteiger partial charge on any atom is 0.145 e. The van der Waals surface area contributed by atoms with Gasteiger partial charge in [0.15, 0.2) is 0 Å². The van der Waals surface area contributed by atoms with Crippen molar-refractivity contribution in [3.63, 3.8) is 0 Å². The Morgan fingerprint density at radius 3 is 2.65 bits per heavy atom. The van der Waals surface area contributed by atoms with Crippen molar-refractivity contribution in [3.05, 3.63) is 29.8 Å². The highest BCUT2D eigenvalue weighted by Gasteiger charge is 2.14. The molecule has 2 rings (SSSR count). The zero-order chi connectivity index (χ0) is 12.4. The monoisotopic (exact) mass is 231 g/mol. The second-order valence-electron chi connectivity index (χ2n) is 4.29. The van der Waals surface area contributed by atoms with Crippen molar-refractivity contribution >= 4 is 5.82 Å². The van der Waals surface area contributed by atoms with Crippen LogP contribution < -0.4 is 10.5 Å². The van der Waals surface area contributed by atoms with E-state index >= 15 is 0 Å².